The fourth-order valence-corrected chi connectivity index (χ4v) is 2.65. The van der Waals surface area contributed by atoms with Crippen LogP contribution in [0.25, 0.3) is 0 Å². The van der Waals surface area contributed by atoms with Gasteiger partial charge in [0.05, 0.1) is 0 Å². The van der Waals surface area contributed by atoms with Crippen LogP contribution in [0.1, 0.15) is 20.8 Å². The van der Waals surface area contributed by atoms with Crippen LogP contribution in [0.15, 0.2) is 24.3 Å². The average Bonchev–Trinajstić information content (AvgIpc) is 2.83. The van der Waals surface area contributed by atoms with Gasteiger partial charge in [0, 0.05) is 18.7 Å². The van der Waals surface area contributed by atoms with Crippen molar-refractivity contribution >= 4 is 34.0 Å². The Bertz CT molecular complexity index is 693. The Labute approximate surface area is 131 Å². The summed E-state index contributed by atoms with van der Waals surface area (Å²) in [6, 6.07) is 9.37. The zero-order valence-corrected chi connectivity index (χ0v) is 12.9. The lowest BCUT2D eigenvalue weighted by Gasteiger charge is -2.06. The van der Waals surface area contributed by atoms with Crippen LogP contribution in [0.2, 0.25) is 5.15 Å². The molecule has 5 nitrogen and oxygen atoms in total. The first kappa shape index (κ1) is 15.3. The summed E-state index contributed by atoms with van der Waals surface area (Å²) < 4.78 is 0. The first-order chi connectivity index (χ1) is 10.1. The zero-order valence-electron chi connectivity index (χ0n) is 11.3. The molecule has 2 rings (SSSR count). The lowest BCUT2D eigenvalue weighted by molar-refractivity contribution is 0.0955. The van der Waals surface area contributed by atoms with Gasteiger partial charge in [-0.2, -0.15) is 5.26 Å². The third-order valence-electron chi connectivity index (χ3n) is 2.65. The van der Waals surface area contributed by atoms with Gasteiger partial charge in [-0.25, -0.2) is 4.98 Å². The average molecular weight is 321 g/mol. The molecule has 0 fully saturated rings. The molecule has 0 atom stereocenters. The SMILES string of the molecule is Cc1cccc(C(=O)NCCNc2nc(Cl)c(C#N)s2)c1. The number of nitrogens with zero attached hydrogens (tertiary/aromatic N) is 2. The summed E-state index contributed by atoms with van der Waals surface area (Å²) in [5.74, 6) is -0.115. The van der Waals surface area contributed by atoms with Crippen molar-refractivity contribution in [1.29, 1.82) is 5.26 Å². The molecule has 0 radical (unpaired) electrons. The molecule has 1 heterocycles. The third-order valence-corrected chi connectivity index (χ3v) is 3.96. The minimum atomic E-state index is -0.115. The number of rotatable bonds is 5. The van der Waals surface area contributed by atoms with Gasteiger partial charge in [0.2, 0.25) is 0 Å². The number of nitrogens with one attached hydrogen (secondary N) is 2. The fourth-order valence-electron chi connectivity index (χ4n) is 1.68. The van der Waals surface area contributed by atoms with E-state index in [0.717, 1.165) is 5.56 Å². The maximum atomic E-state index is 11.9. The second kappa shape index (κ2) is 7.07. The van der Waals surface area contributed by atoms with Gasteiger partial charge in [0.15, 0.2) is 10.3 Å². The molecule has 1 aromatic heterocycles. The first-order valence-electron chi connectivity index (χ1n) is 6.25. The van der Waals surface area contributed by atoms with E-state index in [1.54, 1.807) is 6.07 Å². The van der Waals surface area contributed by atoms with Gasteiger partial charge < -0.3 is 10.6 Å². The number of nitriles is 1. The number of aromatic nitrogens is 1. The van der Waals surface area contributed by atoms with E-state index < -0.39 is 0 Å². The molecular weight excluding hydrogens is 308 g/mol. The molecule has 0 bridgehead atoms. The Hall–Kier alpha value is -2.10. The normalized spacial score (nSPS) is 9.95. The van der Waals surface area contributed by atoms with Crippen LogP contribution >= 0.6 is 22.9 Å². The van der Waals surface area contributed by atoms with Gasteiger partial charge in [-0.1, -0.05) is 40.6 Å². The van der Waals surface area contributed by atoms with E-state index in [9.17, 15) is 4.79 Å². The number of hydrogen-bond donors (Lipinski definition) is 2. The van der Waals surface area contributed by atoms with Crippen LogP contribution in [0, 0.1) is 18.3 Å². The molecule has 1 aromatic carbocycles. The smallest absolute Gasteiger partial charge is 0.251 e. The summed E-state index contributed by atoms with van der Waals surface area (Å²) in [6.07, 6.45) is 0. The molecule has 7 heteroatoms. The Balaban J connectivity index is 1.79. The molecule has 0 aliphatic heterocycles. The van der Waals surface area contributed by atoms with Crippen LogP contribution in [0.3, 0.4) is 0 Å². The molecule has 2 N–H and O–H groups in total. The Morgan fingerprint density at radius 3 is 2.95 bits per heavy atom. The van der Waals surface area contributed by atoms with Crippen LogP contribution in [0.4, 0.5) is 5.13 Å². The van der Waals surface area contributed by atoms with Gasteiger partial charge in [0.25, 0.3) is 5.91 Å². The Kier molecular flexibility index (Phi) is 5.14. The number of anilines is 1. The number of carbonyl (C=O) groups is 1. The number of carbonyl (C=O) groups excluding carboxylic acids is 1. The largest absolute Gasteiger partial charge is 0.360 e. The van der Waals surface area contributed by atoms with Gasteiger partial charge in [-0.05, 0) is 19.1 Å². The van der Waals surface area contributed by atoms with Crippen molar-refractivity contribution in [3.05, 3.63) is 45.4 Å². The summed E-state index contributed by atoms with van der Waals surface area (Å²) in [5.41, 5.74) is 1.68. The van der Waals surface area contributed by atoms with Gasteiger partial charge >= 0.3 is 0 Å². The third kappa shape index (κ3) is 4.18. The highest BCUT2D eigenvalue weighted by Gasteiger charge is 2.08. The lowest BCUT2D eigenvalue weighted by atomic mass is 10.1. The number of aryl methyl sites for hydroxylation is 1. The van der Waals surface area contributed by atoms with E-state index in [-0.39, 0.29) is 11.1 Å². The number of amides is 1. The quantitative estimate of drug-likeness (QED) is 0.830. The molecule has 2 aromatic rings. The van der Waals surface area contributed by atoms with Crippen molar-refractivity contribution in [3.8, 4) is 6.07 Å². The van der Waals surface area contributed by atoms with Gasteiger partial charge in [-0.3, -0.25) is 4.79 Å². The molecule has 0 spiro atoms. The highest BCUT2D eigenvalue weighted by atomic mass is 35.5. The molecule has 0 aliphatic rings. The summed E-state index contributed by atoms with van der Waals surface area (Å²) >= 11 is 6.96. The van der Waals surface area contributed by atoms with E-state index in [1.165, 1.54) is 11.3 Å². The minimum Gasteiger partial charge on any atom is -0.360 e. The molecule has 0 saturated heterocycles. The van der Waals surface area contributed by atoms with Crippen LogP contribution < -0.4 is 10.6 Å². The maximum Gasteiger partial charge on any atom is 0.251 e. The predicted molar refractivity (Wildman–Crippen MR) is 83.8 cm³/mol. The number of hydrogen-bond acceptors (Lipinski definition) is 5. The molecule has 0 aliphatic carbocycles. The number of thiazole rings is 1. The predicted octanol–water partition coefficient (Wildman–Crippen LogP) is 2.82. The Morgan fingerprint density at radius 2 is 2.29 bits per heavy atom. The standard InChI is InChI=1S/C14H13ClN4OS/c1-9-3-2-4-10(7-9)13(20)17-5-6-18-14-19-12(15)11(8-16)21-14/h2-4,7H,5-6H2,1H3,(H,17,20)(H,18,19). The summed E-state index contributed by atoms with van der Waals surface area (Å²) in [7, 11) is 0. The van der Waals surface area contributed by atoms with Gasteiger partial charge in [-0.15, -0.1) is 0 Å². The summed E-state index contributed by atoms with van der Waals surface area (Å²) in [4.78, 5) is 16.3. The van der Waals surface area contributed by atoms with E-state index in [2.05, 4.69) is 15.6 Å². The number of benzene rings is 1. The number of halogens is 1. The van der Waals surface area contributed by atoms with Crippen LogP contribution in [0.5, 0.6) is 0 Å². The van der Waals surface area contributed by atoms with Crippen molar-refractivity contribution in [2.45, 2.75) is 6.92 Å². The molecule has 1 amide bonds. The Morgan fingerprint density at radius 1 is 1.48 bits per heavy atom. The first-order valence-corrected chi connectivity index (χ1v) is 7.45. The van der Waals surface area contributed by atoms with Gasteiger partial charge in [0.1, 0.15) is 10.9 Å². The van der Waals surface area contributed by atoms with E-state index in [1.807, 2.05) is 31.2 Å². The summed E-state index contributed by atoms with van der Waals surface area (Å²) in [6.45, 7) is 2.90. The van der Waals surface area contributed by atoms with Crippen molar-refractivity contribution < 1.29 is 4.79 Å². The second-order valence-electron chi connectivity index (χ2n) is 4.30. The molecule has 0 saturated carbocycles. The van der Waals surface area contributed by atoms with E-state index in [0.29, 0.717) is 28.7 Å². The summed E-state index contributed by atoms with van der Waals surface area (Å²) in [5, 5.41) is 15.4. The van der Waals surface area contributed by atoms with Crippen LogP contribution in [-0.2, 0) is 0 Å². The molecular formula is C14H13ClN4OS. The highest BCUT2D eigenvalue weighted by molar-refractivity contribution is 7.16. The van der Waals surface area contributed by atoms with Crippen molar-refractivity contribution in [2.75, 3.05) is 18.4 Å². The van der Waals surface area contributed by atoms with Crippen molar-refractivity contribution in [2.24, 2.45) is 0 Å². The fraction of sp³-hybridized carbons (Fsp3) is 0.214. The maximum absolute atomic E-state index is 11.9. The van der Waals surface area contributed by atoms with E-state index in [4.69, 9.17) is 16.9 Å². The van der Waals surface area contributed by atoms with Crippen molar-refractivity contribution in [1.82, 2.24) is 10.3 Å². The molecule has 21 heavy (non-hydrogen) atoms. The minimum absolute atomic E-state index is 0.115. The second-order valence-corrected chi connectivity index (χ2v) is 5.66. The van der Waals surface area contributed by atoms with Crippen LogP contribution in [-0.4, -0.2) is 24.0 Å². The van der Waals surface area contributed by atoms with E-state index >= 15 is 0 Å². The monoisotopic (exact) mass is 320 g/mol. The topological polar surface area (TPSA) is 77.8 Å². The molecule has 108 valence electrons. The lowest BCUT2D eigenvalue weighted by Crippen LogP contribution is -2.28. The highest BCUT2D eigenvalue weighted by Crippen LogP contribution is 2.25. The molecule has 0 unspecified atom stereocenters. The van der Waals surface area contributed by atoms with Crippen molar-refractivity contribution in [3.63, 3.8) is 0 Å². The zero-order chi connectivity index (χ0) is 15.2.